The van der Waals surface area contributed by atoms with E-state index in [1.54, 1.807) is 0 Å². The predicted molar refractivity (Wildman–Crippen MR) is 121 cm³/mol. The molecule has 0 fully saturated rings. The van der Waals surface area contributed by atoms with Crippen molar-refractivity contribution in [2.24, 2.45) is 0 Å². The maximum absolute atomic E-state index is 2.52. The fraction of sp³-hybridized carbons (Fsp3) is 1.00. The van der Waals surface area contributed by atoms with Crippen molar-refractivity contribution in [3.8, 4) is 0 Å². The number of nitrogens with zero attached hydrogens (tertiary/aromatic N) is 1. The van der Waals surface area contributed by atoms with E-state index in [2.05, 4.69) is 34.9 Å². The molecule has 0 saturated heterocycles. The van der Waals surface area contributed by atoms with E-state index in [1.165, 1.54) is 127 Å². The molecular weight excluding hydrogens is 314 g/mol. The predicted octanol–water partition coefficient (Wildman–Crippen LogP) is 8.51. The molecule has 0 rings (SSSR count). The molecule has 0 spiro atoms. The maximum atomic E-state index is 2.52. The molecule has 0 saturated carbocycles. The zero-order chi connectivity index (χ0) is 19.5. The fourth-order valence-corrected chi connectivity index (χ4v) is 4.29. The Hall–Kier alpha value is -0.0400. The normalized spacial score (nSPS) is 12.2. The smallest absolute Gasteiger partial charge is 0.0886 e. The lowest BCUT2D eigenvalue weighted by Crippen LogP contribution is -2.49. The molecule has 0 bridgehead atoms. The number of unbranched alkanes of at least 4 members (excludes halogenated alkanes) is 13. The third kappa shape index (κ3) is 15.1. The highest BCUT2D eigenvalue weighted by molar-refractivity contribution is 4.61. The van der Waals surface area contributed by atoms with E-state index in [1.807, 2.05) is 0 Å². The lowest BCUT2D eigenvalue weighted by Gasteiger charge is -2.39. The molecule has 0 aliphatic heterocycles. The van der Waals surface area contributed by atoms with Gasteiger partial charge in [0.05, 0.1) is 26.7 Å². The molecule has 0 aromatic carbocycles. The Bertz CT molecular complexity index is 259. The van der Waals surface area contributed by atoms with Crippen LogP contribution in [-0.4, -0.2) is 31.2 Å². The third-order valence-electron chi connectivity index (χ3n) is 6.36. The molecule has 0 unspecified atom stereocenters. The van der Waals surface area contributed by atoms with Crippen LogP contribution in [0.4, 0.5) is 0 Å². The average Bonchev–Trinajstić information content (AvgIpc) is 2.62. The quantitative estimate of drug-likeness (QED) is 0.149. The van der Waals surface area contributed by atoms with Crippen LogP contribution < -0.4 is 0 Å². The Labute approximate surface area is 167 Å². The topological polar surface area (TPSA) is 0 Å². The van der Waals surface area contributed by atoms with Crippen molar-refractivity contribution in [1.82, 2.24) is 0 Å². The Kier molecular flexibility index (Phi) is 18.3. The molecule has 26 heavy (non-hydrogen) atoms. The van der Waals surface area contributed by atoms with Crippen LogP contribution in [0.2, 0.25) is 0 Å². The minimum absolute atomic E-state index is 0.897. The van der Waals surface area contributed by atoms with Crippen LogP contribution in [0.15, 0.2) is 0 Å². The highest BCUT2D eigenvalue weighted by Crippen LogP contribution is 2.22. The van der Waals surface area contributed by atoms with Crippen molar-refractivity contribution in [2.45, 2.75) is 142 Å². The van der Waals surface area contributed by atoms with Gasteiger partial charge in [-0.1, -0.05) is 97.8 Å². The minimum Gasteiger partial charge on any atom is -0.326 e. The molecule has 0 radical (unpaired) electrons. The second kappa shape index (κ2) is 18.3. The first-order valence-corrected chi connectivity index (χ1v) is 12.4. The van der Waals surface area contributed by atoms with Gasteiger partial charge in [0.1, 0.15) is 0 Å². The van der Waals surface area contributed by atoms with Crippen molar-refractivity contribution in [3.05, 3.63) is 0 Å². The summed E-state index contributed by atoms with van der Waals surface area (Å²) in [6, 6.07) is 0.897. The first-order chi connectivity index (χ1) is 12.6. The number of rotatable bonds is 20. The van der Waals surface area contributed by atoms with E-state index in [0.29, 0.717) is 0 Å². The van der Waals surface area contributed by atoms with Crippen molar-refractivity contribution >= 4 is 0 Å². The highest BCUT2D eigenvalue weighted by atomic mass is 15.3. The van der Waals surface area contributed by atoms with Gasteiger partial charge in [-0.25, -0.2) is 0 Å². The molecule has 1 nitrogen and oxygen atoms in total. The van der Waals surface area contributed by atoms with Gasteiger partial charge in [0.2, 0.25) is 0 Å². The Morgan fingerprint density at radius 1 is 0.462 bits per heavy atom. The zero-order valence-electron chi connectivity index (χ0n) is 19.5. The van der Waals surface area contributed by atoms with E-state index in [9.17, 15) is 0 Å². The van der Waals surface area contributed by atoms with Gasteiger partial charge >= 0.3 is 0 Å². The van der Waals surface area contributed by atoms with E-state index in [4.69, 9.17) is 0 Å². The van der Waals surface area contributed by atoms with Gasteiger partial charge in [-0.05, 0) is 38.5 Å². The lowest BCUT2D eigenvalue weighted by atomic mass is 9.97. The number of hydrogen-bond acceptors (Lipinski definition) is 0. The summed E-state index contributed by atoms with van der Waals surface area (Å²) in [5.74, 6) is 0. The van der Waals surface area contributed by atoms with Crippen LogP contribution >= 0.6 is 0 Å². The van der Waals surface area contributed by atoms with Crippen LogP contribution in [0.1, 0.15) is 136 Å². The standard InChI is InChI=1S/C25H54N/c1-6-9-12-15-16-17-18-21-24-26(4,5)25(22-19-13-10-7-2)23-20-14-11-8-3/h25H,6-24H2,1-5H3/q+1. The van der Waals surface area contributed by atoms with E-state index in [-0.39, 0.29) is 0 Å². The van der Waals surface area contributed by atoms with Gasteiger partial charge in [-0.2, -0.15) is 0 Å². The Balaban J connectivity index is 4.11. The third-order valence-corrected chi connectivity index (χ3v) is 6.36. The van der Waals surface area contributed by atoms with Gasteiger partial charge in [0.15, 0.2) is 0 Å². The van der Waals surface area contributed by atoms with Crippen LogP contribution in [0.3, 0.4) is 0 Å². The van der Waals surface area contributed by atoms with E-state index < -0.39 is 0 Å². The van der Waals surface area contributed by atoms with Crippen LogP contribution in [0.5, 0.6) is 0 Å². The first kappa shape index (κ1) is 26.0. The summed E-state index contributed by atoms with van der Waals surface area (Å²) in [7, 11) is 5.04. The summed E-state index contributed by atoms with van der Waals surface area (Å²) in [5.41, 5.74) is 0. The molecule has 0 amide bonds. The number of quaternary nitrogens is 1. The Morgan fingerprint density at radius 2 is 0.808 bits per heavy atom. The van der Waals surface area contributed by atoms with Gasteiger partial charge < -0.3 is 4.48 Å². The van der Waals surface area contributed by atoms with Crippen LogP contribution in [0, 0.1) is 0 Å². The summed E-state index contributed by atoms with van der Waals surface area (Å²) in [6.45, 7) is 8.34. The van der Waals surface area contributed by atoms with Gasteiger partial charge in [0.25, 0.3) is 0 Å². The van der Waals surface area contributed by atoms with E-state index >= 15 is 0 Å². The summed E-state index contributed by atoms with van der Waals surface area (Å²) in [4.78, 5) is 0. The lowest BCUT2D eigenvalue weighted by molar-refractivity contribution is -0.916. The van der Waals surface area contributed by atoms with Crippen molar-refractivity contribution in [1.29, 1.82) is 0 Å². The molecule has 158 valence electrons. The molecule has 0 heterocycles. The van der Waals surface area contributed by atoms with E-state index in [0.717, 1.165) is 6.04 Å². The largest absolute Gasteiger partial charge is 0.326 e. The molecule has 0 aliphatic rings. The molecule has 0 aromatic heterocycles. The van der Waals surface area contributed by atoms with Crippen molar-refractivity contribution < 1.29 is 4.48 Å². The molecule has 0 atom stereocenters. The highest BCUT2D eigenvalue weighted by Gasteiger charge is 2.26. The first-order valence-electron chi connectivity index (χ1n) is 12.4. The van der Waals surface area contributed by atoms with Gasteiger partial charge in [0, 0.05) is 0 Å². The summed E-state index contributed by atoms with van der Waals surface area (Å²) in [5, 5.41) is 0. The molecule has 0 N–H and O–H groups in total. The second-order valence-corrected chi connectivity index (χ2v) is 9.33. The molecule has 1 heteroatoms. The second-order valence-electron chi connectivity index (χ2n) is 9.33. The summed E-state index contributed by atoms with van der Waals surface area (Å²) in [6.07, 6.45) is 25.8. The van der Waals surface area contributed by atoms with Crippen molar-refractivity contribution in [3.63, 3.8) is 0 Å². The zero-order valence-corrected chi connectivity index (χ0v) is 19.5. The van der Waals surface area contributed by atoms with Gasteiger partial charge in [-0.3, -0.25) is 0 Å². The van der Waals surface area contributed by atoms with Gasteiger partial charge in [-0.15, -0.1) is 0 Å². The maximum Gasteiger partial charge on any atom is 0.0886 e. The minimum atomic E-state index is 0.897. The SMILES string of the molecule is CCCCCCCCCC[N+](C)(C)C(CCCCCC)CCCCCC. The van der Waals surface area contributed by atoms with Crippen LogP contribution in [0.25, 0.3) is 0 Å². The molecule has 0 aliphatic carbocycles. The number of hydrogen-bond donors (Lipinski definition) is 0. The fourth-order valence-electron chi connectivity index (χ4n) is 4.29. The van der Waals surface area contributed by atoms with Crippen LogP contribution in [-0.2, 0) is 0 Å². The summed E-state index contributed by atoms with van der Waals surface area (Å²) < 4.78 is 1.27. The Morgan fingerprint density at radius 3 is 1.23 bits per heavy atom. The molecular formula is C25H54N+. The molecule has 0 aromatic rings. The summed E-state index contributed by atoms with van der Waals surface area (Å²) >= 11 is 0. The monoisotopic (exact) mass is 368 g/mol. The average molecular weight is 369 g/mol. The van der Waals surface area contributed by atoms with Crippen molar-refractivity contribution in [2.75, 3.05) is 20.6 Å².